The van der Waals surface area contributed by atoms with E-state index in [4.69, 9.17) is 9.47 Å². The fourth-order valence-electron chi connectivity index (χ4n) is 3.30. The van der Waals surface area contributed by atoms with Crippen molar-refractivity contribution < 1.29 is 14.3 Å². The van der Waals surface area contributed by atoms with Crippen LogP contribution in [0.1, 0.15) is 0 Å². The number of methoxy groups -OCH3 is 2. The van der Waals surface area contributed by atoms with E-state index < -0.39 is 5.91 Å². The lowest BCUT2D eigenvalue weighted by Crippen LogP contribution is -2.29. The topological polar surface area (TPSA) is 82.4 Å². The maximum absolute atomic E-state index is 12.6. The van der Waals surface area contributed by atoms with Crippen LogP contribution in [0.5, 0.6) is 11.5 Å². The Morgan fingerprint density at radius 1 is 0.935 bits per heavy atom. The van der Waals surface area contributed by atoms with Gasteiger partial charge in [-0.3, -0.25) is 9.59 Å². The molecule has 0 saturated heterocycles. The molecule has 0 fully saturated rings. The first-order valence-corrected chi connectivity index (χ1v) is 9.66. The van der Waals surface area contributed by atoms with E-state index in [2.05, 4.69) is 10.4 Å². The smallest absolute Gasteiger partial charge is 0.267 e. The largest absolute Gasteiger partial charge is 0.497 e. The van der Waals surface area contributed by atoms with Crippen LogP contribution in [0.2, 0.25) is 0 Å². The Hall–Kier alpha value is -4.13. The Morgan fingerprint density at radius 2 is 1.74 bits per heavy atom. The van der Waals surface area contributed by atoms with Gasteiger partial charge in [-0.05, 0) is 35.0 Å². The second-order valence-electron chi connectivity index (χ2n) is 6.89. The lowest BCUT2D eigenvalue weighted by atomic mass is 10.1. The zero-order valence-corrected chi connectivity index (χ0v) is 17.2. The van der Waals surface area contributed by atoms with Gasteiger partial charge in [-0.1, -0.05) is 36.4 Å². The van der Waals surface area contributed by atoms with Gasteiger partial charge < -0.3 is 14.8 Å². The Bertz CT molecular complexity index is 1310. The summed E-state index contributed by atoms with van der Waals surface area (Å²) in [6.45, 7) is -0.235. The zero-order valence-electron chi connectivity index (χ0n) is 17.2. The summed E-state index contributed by atoms with van der Waals surface area (Å²) in [5, 5.41) is 9.33. The number of ether oxygens (including phenoxy) is 2. The summed E-state index contributed by atoms with van der Waals surface area (Å²) in [6, 6.07) is 22.1. The van der Waals surface area contributed by atoms with Crippen molar-refractivity contribution in [3.05, 3.63) is 83.2 Å². The first-order valence-electron chi connectivity index (χ1n) is 9.66. The number of hydrogen-bond donors (Lipinski definition) is 1. The highest BCUT2D eigenvalue weighted by atomic mass is 16.5. The molecule has 4 aromatic rings. The number of fused-ring (bicyclic) bond motifs is 1. The summed E-state index contributed by atoms with van der Waals surface area (Å²) in [5.74, 6) is 0.654. The SMILES string of the molecule is COc1ccc(OC)c(NC(=O)Cn2nc(-c3ccc4ccccc4c3)ccc2=O)c1. The molecular weight excluding hydrogens is 394 g/mol. The highest BCUT2D eigenvalue weighted by Gasteiger charge is 2.12. The number of aromatic nitrogens is 2. The van der Waals surface area contributed by atoms with Gasteiger partial charge in [0, 0.05) is 17.7 Å². The predicted octanol–water partition coefficient (Wildman–Crippen LogP) is 3.72. The molecule has 0 bridgehead atoms. The average molecular weight is 415 g/mol. The summed E-state index contributed by atoms with van der Waals surface area (Å²) < 4.78 is 11.6. The number of nitrogens with zero attached hydrogens (tertiary/aromatic N) is 2. The van der Waals surface area contributed by atoms with Crippen molar-refractivity contribution in [3.8, 4) is 22.8 Å². The second-order valence-corrected chi connectivity index (χ2v) is 6.89. The van der Waals surface area contributed by atoms with Gasteiger partial charge in [0.05, 0.1) is 25.6 Å². The quantitative estimate of drug-likeness (QED) is 0.519. The van der Waals surface area contributed by atoms with Crippen LogP contribution in [-0.4, -0.2) is 29.9 Å². The van der Waals surface area contributed by atoms with Crippen LogP contribution in [-0.2, 0) is 11.3 Å². The van der Waals surface area contributed by atoms with E-state index >= 15 is 0 Å². The standard InChI is InChI=1S/C24H21N3O4/c1-30-19-9-11-22(31-2)21(14-19)25-23(28)15-27-24(29)12-10-20(26-27)18-8-7-16-5-3-4-6-17(16)13-18/h3-14H,15H2,1-2H3,(H,25,28). The number of rotatable bonds is 6. The molecule has 4 rings (SSSR count). The fourth-order valence-corrected chi connectivity index (χ4v) is 3.30. The molecule has 0 aliphatic rings. The molecule has 0 atom stereocenters. The second kappa shape index (κ2) is 8.71. The molecule has 0 aliphatic carbocycles. The summed E-state index contributed by atoms with van der Waals surface area (Å²) in [4.78, 5) is 24.9. The third-order valence-corrected chi connectivity index (χ3v) is 4.89. The van der Waals surface area contributed by atoms with E-state index in [0.29, 0.717) is 22.9 Å². The normalized spacial score (nSPS) is 10.6. The van der Waals surface area contributed by atoms with Crippen LogP contribution < -0.4 is 20.3 Å². The molecule has 0 unspecified atom stereocenters. The van der Waals surface area contributed by atoms with Gasteiger partial charge in [0.25, 0.3) is 5.56 Å². The van der Waals surface area contributed by atoms with E-state index in [1.807, 2.05) is 42.5 Å². The molecule has 7 heteroatoms. The number of carbonyl (C=O) groups excluding carboxylic acids is 1. The van der Waals surface area contributed by atoms with E-state index in [0.717, 1.165) is 21.0 Å². The van der Waals surface area contributed by atoms with Crippen LogP contribution in [0.25, 0.3) is 22.0 Å². The molecule has 1 N–H and O–H groups in total. The molecule has 31 heavy (non-hydrogen) atoms. The summed E-state index contributed by atoms with van der Waals surface area (Å²) >= 11 is 0. The van der Waals surface area contributed by atoms with Crippen LogP contribution >= 0.6 is 0 Å². The minimum Gasteiger partial charge on any atom is -0.497 e. The number of nitrogens with one attached hydrogen (secondary N) is 1. The molecule has 0 saturated carbocycles. The highest BCUT2D eigenvalue weighted by Crippen LogP contribution is 2.29. The fraction of sp³-hybridized carbons (Fsp3) is 0.125. The van der Waals surface area contributed by atoms with Crippen molar-refractivity contribution in [2.75, 3.05) is 19.5 Å². The number of anilines is 1. The molecule has 0 spiro atoms. The lowest BCUT2D eigenvalue weighted by Gasteiger charge is -2.12. The van der Waals surface area contributed by atoms with E-state index in [1.54, 1.807) is 24.3 Å². The zero-order chi connectivity index (χ0) is 21.8. The maximum atomic E-state index is 12.6. The van der Waals surface area contributed by atoms with Gasteiger partial charge in [0.1, 0.15) is 18.0 Å². The monoisotopic (exact) mass is 415 g/mol. The van der Waals surface area contributed by atoms with Crippen LogP contribution in [0.3, 0.4) is 0 Å². The summed E-state index contributed by atoms with van der Waals surface area (Å²) in [7, 11) is 3.05. The van der Waals surface area contributed by atoms with Crippen molar-refractivity contribution >= 4 is 22.4 Å². The number of amides is 1. The van der Waals surface area contributed by atoms with Crippen molar-refractivity contribution in [2.24, 2.45) is 0 Å². The molecule has 1 amide bonds. The molecule has 156 valence electrons. The van der Waals surface area contributed by atoms with Crippen molar-refractivity contribution in [2.45, 2.75) is 6.54 Å². The molecule has 1 heterocycles. The van der Waals surface area contributed by atoms with E-state index in [9.17, 15) is 9.59 Å². The molecule has 1 aromatic heterocycles. The molecule has 3 aromatic carbocycles. The number of hydrogen-bond acceptors (Lipinski definition) is 5. The van der Waals surface area contributed by atoms with Gasteiger partial charge in [0.15, 0.2) is 0 Å². The van der Waals surface area contributed by atoms with Gasteiger partial charge in [-0.25, -0.2) is 4.68 Å². The van der Waals surface area contributed by atoms with Crippen LogP contribution in [0, 0.1) is 0 Å². The molecule has 0 aliphatic heterocycles. The third-order valence-electron chi connectivity index (χ3n) is 4.89. The Labute approximate surface area is 178 Å². The van der Waals surface area contributed by atoms with Crippen LogP contribution in [0.15, 0.2) is 77.6 Å². The number of benzene rings is 3. The minimum absolute atomic E-state index is 0.235. The van der Waals surface area contributed by atoms with Crippen molar-refractivity contribution in [1.82, 2.24) is 9.78 Å². The summed E-state index contributed by atoms with van der Waals surface area (Å²) in [5.41, 5.74) is 1.56. The molecular formula is C24H21N3O4. The maximum Gasteiger partial charge on any atom is 0.267 e. The third kappa shape index (κ3) is 4.40. The minimum atomic E-state index is -0.406. The first kappa shape index (κ1) is 20.2. The van der Waals surface area contributed by atoms with E-state index in [-0.39, 0.29) is 12.1 Å². The lowest BCUT2D eigenvalue weighted by molar-refractivity contribution is -0.117. The number of carbonyl (C=O) groups is 1. The predicted molar refractivity (Wildman–Crippen MR) is 120 cm³/mol. The van der Waals surface area contributed by atoms with Crippen molar-refractivity contribution in [3.63, 3.8) is 0 Å². The van der Waals surface area contributed by atoms with E-state index in [1.165, 1.54) is 20.3 Å². The highest BCUT2D eigenvalue weighted by molar-refractivity contribution is 5.92. The van der Waals surface area contributed by atoms with Gasteiger partial charge in [-0.15, -0.1) is 0 Å². The Balaban J connectivity index is 1.59. The molecule has 7 nitrogen and oxygen atoms in total. The Kier molecular flexibility index (Phi) is 5.66. The summed E-state index contributed by atoms with van der Waals surface area (Å²) in [6.07, 6.45) is 0. The Morgan fingerprint density at radius 3 is 2.52 bits per heavy atom. The first-order chi connectivity index (χ1) is 15.1. The van der Waals surface area contributed by atoms with Crippen LogP contribution in [0.4, 0.5) is 5.69 Å². The van der Waals surface area contributed by atoms with Gasteiger partial charge >= 0.3 is 0 Å². The van der Waals surface area contributed by atoms with Gasteiger partial charge in [0.2, 0.25) is 5.91 Å². The average Bonchev–Trinajstić information content (AvgIpc) is 2.80. The van der Waals surface area contributed by atoms with Crippen molar-refractivity contribution in [1.29, 1.82) is 0 Å². The molecule has 0 radical (unpaired) electrons. The van der Waals surface area contributed by atoms with Gasteiger partial charge in [-0.2, -0.15) is 5.10 Å².